The molecule has 0 aromatic heterocycles. The van der Waals surface area contributed by atoms with Gasteiger partial charge in [-0.15, -0.1) is 0 Å². The first kappa shape index (κ1) is 10.5. The highest BCUT2D eigenvalue weighted by molar-refractivity contribution is 5.76. The van der Waals surface area contributed by atoms with Crippen LogP contribution in [0.2, 0.25) is 0 Å². The van der Waals surface area contributed by atoms with E-state index in [0.717, 1.165) is 19.4 Å². The summed E-state index contributed by atoms with van der Waals surface area (Å²) in [4.78, 5) is 13.5. The molecule has 1 aliphatic heterocycles. The first-order valence-corrected chi connectivity index (χ1v) is 4.74. The highest BCUT2D eigenvalue weighted by Crippen LogP contribution is 2.19. The zero-order valence-electron chi connectivity index (χ0n) is 8.32. The summed E-state index contributed by atoms with van der Waals surface area (Å²) >= 11 is 0. The van der Waals surface area contributed by atoms with Gasteiger partial charge in [0.15, 0.2) is 0 Å². The second-order valence-corrected chi connectivity index (χ2v) is 3.50. The molecular formula is C9H18N2O2. The molecule has 1 saturated heterocycles. The number of ether oxygens (including phenoxy) is 1. The van der Waals surface area contributed by atoms with Crippen molar-refractivity contribution in [3.8, 4) is 0 Å². The average Bonchev–Trinajstić information content (AvgIpc) is 2.53. The molecule has 0 spiro atoms. The second kappa shape index (κ2) is 4.58. The summed E-state index contributed by atoms with van der Waals surface area (Å²) in [7, 11) is 1.41. The minimum atomic E-state index is -0.248. The van der Waals surface area contributed by atoms with Crippen LogP contribution in [-0.2, 0) is 9.53 Å². The molecule has 0 aliphatic carbocycles. The Bertz CT molecular complexity index is 184. The van der Waals surface area contributed by atoms with Crippen LogP contribution in [0.5, 0.6) is 0 Å². The summed E-state index contributed by atoms with van der Waals surface area (Å²) in [6.45, 7) is 3.42. The molecule has 2 atom stereocenters. The molecule has 13 heavy (non-hydrogen) atoms. The first-order chi connectivity index (χ1) is 6.20. The minimum absolute atomic E-state index is 0.212. The highest BCUT2D eigenvalue weighted by Gasteiger charge is 2.31. The summed E-state index contributed by atoms with van der Waals surface area (Å²) in [5.41, 5.74) is 5.55. The molecule has 2 N–H and O–H groups in total. The first-order valence-electron chi connectivity index (χ1n) is 4.74. The topological polar surface area (TPSA) is 55.6 Å². The Kier molecular flexibility index (Phi) is 3.69. The van der Waals surface area contributed by atoms with Crippen LogP contribution in [0.1, 0.15) is 19.8 Å². The fourth-order valence-electron chi connectivity index (χ4n) is 1.92. The van der Waals surface area contributed by atoms with E-state index in [1.165, 1.54) is 7.11 Å². The van der Waals surface area contributed by atoms with Gasteiger partial charge in [0.1, 0.15) is 6.04 Å². The number of carbonyl (C=O) groups is 1. The van der Waals surface area contributed by atoms with Crippen LogP contribution < -0.4 is 5.73 Å². The molecule has 1 heterocycles. The maximum absolute atomic E-state index is 11.3. The number of nitrogens with two attached hydrogens (primary N) is 1. The van der Waals surface area contributed by atoms with Gasteiger partial charge in [0.2, 0.25) is 0 Å². The average molecular weight is 186 g/mol. The SMILES string of the molecule is COC(=O)C(CN)N1CCCC1C. The van der Waals surface area contributed by atoms with E-state index in [-0.39, 0.29) is 12.0 Å². The zero-order valence-corrected chi connectivity index (χ0v) is 8.32. The van der Waals surface area contributed by atoms with E-state index in [4.69, 9.17) is 10.5 Å². The van der Waals surface area contributed by atoms with Gasteiger partial charge >= 0.3 is 5.97 Å². The van der Waals surface area contributed by atoms with Gasteiger partial charge in [0, 0.05) is 12.6 Å². The lowest BCUT2D eigenvalue weighted by atomic mass is 10.2. The van der Waals surface area contributed by atoms with E-state index in [9.17, 15) is 4.79 Å². The number of hydrogen-bond acceptors (Lipinski definition) is 4. The van der Waals surface area contributed by atoms with E-state index < -0.39 is 0 Å². The van der Waals surface area contributed by atoms with E-state index in [0.29, 0.717) is 12.6 Å². The summed E-state index contributed by atoms with van der Waals surface area (Å²) < 4.78 is 4.70. The van der Waals surface area contributed by atoms with Crippen molar-refractivity contribution in [1.82, 2.24) is 4.90 Å². The Morgan fingerprint density at radius 2 is 2.46 bits per heavy atom. The van der Waals surface area contributed by atoms with E-state index >= 15 is 0 Å². The van der Waals surface area contributed by atoms with Gasteiger partial charge in [0.05, 0.1) is 7.11 Å². The molecular weight excluding hydrogens is 168 g/mol. The third-order valence-electron chi connectivity index (χ3n) is 2.70. The molecule has 76 valence electrons. The smallest absolute Gasteiger partial charge is 0.324 e. The summed E-state index contributed by atoms with van der Waals surface area (Å²) in [6, 6.07) is 0.204. The van der Waals surface area contributed by atoms with E-state index in [1.54, 1.807) is 0 Å². The molecule has 1 fully saturated rings. The molecule has 1 rings (SSSR count). The van der Waals surface area contributed by atoms with Crippen molar-refractivity contribution >= 4 is 5.97 Å². The van der Waals surface area contributed by atoms with Gasteiger partial charge in [-0.2, -0.15) is 0 Å². The van der Waals surface area contributed by atoms with Crippen molar-refractivity contribution in [3.63, 3.8) is 0 Å². The number of methoxy groups -OCH3 is 1. The van der Waals surface area contributed by atoms with Crippen LogP contribution in [-0.4, -0.2) is 43.2 Å². The molecule has 2 unspecified atom stereocenters. The van der Waals surface area contributed by atoms with Crippen molar-refractivity contribution in [2.75, 3.05) is 20.2 Å². The Hall–Kier alpha value is -0.610. The summed E-state index contributed by atoms with van der Waals surface area (Å²) in [6.07, 6.45) is 2.29. The van der Waals surface area contributed by atoms with Gasteiger partial charge in [-0.1, -0.05) is 0 Å². The summed E-state index contributed by atoms with van der Waals surface area (Å²) in [5.74, 6) is -0.212. The predicted octanol–water partition coefficient (Wildman–Crippen LogP) is -0.0290. The van der Waals surface area contributed by atoms with Crippen molar-refractivity contribution < 1.29 is 9.53 Å². The molecule has 0 saturated carbocycles. The number of hydrogen-bond donors (Lipinski definition) is 1. The van der Waals surface area contributed by atoms with Crippen molar-refractivity contribution in [3.05, 3.63) is 0 Å². The van der Waals surface area contributed by atoms with E-state index in [2.05, 4.69) is 11.8 Å². The largest absolute Gasteiger partial charge is 0.468 e. The quantitative estimate of drug-likeness (QED) is 0.629. The van der Waals surface area contributed by atoms with Crippen LogP contribution in [0.4, 0.5) is 0 Å². The molecule has 0 aromatic rings. The Morgan fingerprint density at radius 1 is 1.77 bits per heavy atom. The molecule has 0 aromatic carbocycles. The number of likely N-dealkylation sites (tertiary alicyclic amines) is 1. The molecule has 0 radical (unpaired) electrons. The normalized spacial score (nSPS) is 25.9. The van der Waals surface area contributed by atoms with Crippen LogP contribution >= 0.6 is 0 Å². The Morgan fingerprint density at radius 3 is 2.85 bits per heavy atom. The van der Waals surface area contributed by atoms with Crippen LogP contribution in [0.25, 0.3) is 0 Å². The number of carbonyl (C=O) groups excluding carboxylic acids is 1. The fraction of sp³-hybridized carbons (Fsp3) is 0.889. The maximum atomic E-state index is 11.3. The lowest BCUT2D eigenvalue weighted by molar-refractivity contribution is -0.146. The second-order valence-electron chi connectivity index (χ2n) is 3.50. The maximum Gasteiger partial charge on any atom is 0.324 e. The predicted molar refractivity (Wildman–Crippen MR) is 50.3 cm³/mol. The lowest BCUT2D eigenvalue weighted by Crippen LogP contribution is -2.48. The Balaban J connectivity index is 2.59. The van der Waals surface area contributed by atoms with Crippen LogP contribution in [0, 0.1) is 0 Å². The van der Waals surface area contributed by atoms with Crippen molar-refractivity contribution in [2.24, 2.45) is 5.73 Å². The molecule has 1 aliphatic rings. The van der Waals surface area contributed by atoms with Crippen LogP contribution in [0.3, 0.4) is 0 Å². The van der Waals surface area contributed by atoms with Crippen molar-refractivity contribution in [2.45, 2.75) is 31.8 Å². The van der Waals surface area contributed by atoms with Crippen LogP contribution in [0.15, 0.2) is 0 Å². The minimum Gasteiger partial charge on any atom is -0.468 e. The van der Waals surface area contributed by atoms with Crippen molar-refractivity contribution in [1.29, 1.82) is 0 Å². The highest BCUT2D eigenvalue weighted by atomic mass is 16.5. The zero-order chi connectivity index (χ0) is 9.84. The third-order valence-corrected chi connectivity index (χ3v) is 2.70. The molecule has 4 nitrogen and oxygen atoms in total. The van der Waals surface area contributed by atoms with Gasteiger partial charge in [-0.25, -0.2) is 0 Å². The number of esters is 1. The molecule has 0 bridgehead atoms. The monoisotopic (exact) mass is 186 g/mol. The standard InChI is InChI=1S/C9H18N2O2/c1-7-4-3-5-11(7)8(6-10)9(12)13-2/h7-8H,3-6,10H2,1-2H3. The number of rotatable bonds is 3. The fourth-order valence-corrected chi connectivity index (χ4v) is 1.92. The summed E-state index contributed by atoms with van der Waals surface area (Å²) in [5, 5.41) is 0. The molecule has 4 heteroatoms. The third kappa shape index (κ3) is 2.19. The lowest BCUT2D eigenvalue weighted by Gasteiger charge is -2.27. The molecule has 0 amide bonds. The Labute approximate surface area is 79.0 Å². The van der Waals surface area contributed by atoms with Gasteiger partial charge < -0.3 is 10.5 Å². The van der Waals surface area contributed by atoms with Gasteiger partial charge in [-0.05, 0) is 26.3 Å². The van der Waals surface area contributed by atoms with E-state index in [1.807, 2.05) is 0 Å². The van der Waals surface area contributed by atoms with Gasteiger partial charge in [-0.3, -0.25) is 9.69 Å². The van der Waals surface area contributed by atoms with Gasteiger partial charge in [0.25, 0.3) is 0 Å². The number of nitrogens with zero attached hydrogens (tertiary/aromatic N) is 1.